The van der Waals surface area contributed by atoms with Gasteiger partial charge in [0.1, 0.15) is 0 Å². The van der Waals surface area contributed by atoms with Crippen LogP contribution in [-0.2, 0) is 0 Å². The first-order valence-corrected chi connectivity index (χ1v) is 11.3. The van der Waals surface area contributed by atoms with Crippen LogP contribution in [0, 0.1) is 6.92 Å². The molecule has 2 heterocycles. The van der Waals surface area contributed by atoms with Crippen LogP contribution in [0.2, 0.25) is 5.02 Å². The minimum absolute atomic E-state index is 0.117. The largest absolute Gasteiger partial charge is 0.293 e. The van der Waals surface area contributed by atoms with Crippen LogP contribution in [0.5, 0.6) is 0 Å². The number of fused-ring (bicyclic) bond motifs is 1. The first kappa shape index (κ1) is 19.9. The molecule has 0 fully saturated rings. The molecule has 0 aliphatic carbocycles. The maximum atomic E-state index is 13.0. The number of thioether (sulfide) groups is 1. The monoisotopic (exact) mass is 442 g/mol. The SMILES string of the molecule is CC(=NCCSc1ccc(Cl)cc1)c1c(C)[nH]n(-c2nc3ccccc3s2)c1=O. The molecule has 4 aromatic rings. The number of H-pyrrole nitrogens is 1. The fourth-order valence-corrected chi connectivity index (χ4v) is 4.85. The number of aryl methyl sites for hydroxylation is 1. The first-order valence-electron chi connectivity index (χ1n) is 9.10. The number of aromatic amines is 1. The fraction of sp³-hybridized carbons (Fsp3) is 0.190. The van der Waals surface area contributed by atoms with Crippen LogP contribution in [0.4, 0.5) is 0 Å². The number of halogens is 1. The Kier molecular flexibility index (Phi) is 5.89. The zero-order chi connectivity index (χ0) is 20.4. The van der Waals surface area contributed by atoms with Gasteiger partial charge in [-0.25, -0.2) is 4.98 Å². The van der Waals surface area contributed by atoms with Crippen molar-refractivity contribution in [2.45, 2.75) is 18.7 Å². The van der Waals surface area contributed by atoms with Crippen molar-refractivity contribution in [3.8, 4) is 5.13 Å². The number of aromatic nitrogens is 3. The molecule has 0 aliphatic rings. The van der Waals surface area contributed by atoms with Crippen molar-refractivity contribution in [3.63, 3.8) is 0 Å². The number of thiazole rings is 1. The van der Waals surface area contributed by atoms with E-state index in [0.717, 1.165) is 37.3 Å². The quantitative estimate of drug-likeness (QED) is 0.249. The van der Waals surface area contributed by atoms with Crippen LogP contribution in [0.1, 0.15) is 18.2 Å². The van der Waals surface area contributed by atoms with Gasteiger partial charge in [-0.2, -0.15) is 4.68 Å². The van der Waals surface area contributed by atoms with Crippen molar-refractivity contribution in [3.05, 3.63) is 75.2 Å². The number of hydrogen-bond donors (Lipinski definition) is 1. The summed E-state index contributed by atoms with van der Waals surface area (Å²) in [5.74, 6) is 0.828. The molecule has 0 bridgehead atoms. The molecule has 4 rings (SSSR count). The normalized spacial score (nSPS) is 12.0. The molecule has 0 atom stereocenters. The molecule has 148 valence electrons. The third-order valence-corrected chi connectivity index (χ3v) is 6.70. The lowest BCUT2D eigenvalue weighted by atomic mass is 10.2. The molecule has 0 spiro atoms. The molecule has 2 aromatic heterocycles. The van der Waals surface area contributed by atoms with Gasteiger partial charge in [0.25, 0.3) is 5.56 Å². The number of rotatable bonds is 6. The third kappa shape index (κ3) is 4.32. The van der Waals surface area contributed by atoms with Crippen molar-refractivity contribution in [1.29, 1.82) is 0 Å². The van der Waals surface area contributed by atoms with Crippen molar-refractivity contribution >= 4 is 50.6 Å². The van der Waals surface area contributed by atoms with Crippen molar-refractivity contribution in [2.24, 2.45) is 4.99 Å². The second-order valence-electron chi connectivity index (χ2n) is 6.49. The summed E-state index contributed by atoms with van der Waals surface area (Å²) in [7, 11) is 0. The van der Waals surface area contributed by atoms with E-state index in [9.17, 15) is 4.79 Å². The molecular formula is C21H19ClN4OS2. The highest BCUT2D eigenvalue weighted by Gasteiger charge is 2.17. The summed E-state index contributed by atoms with van der Waals surface area (Å²) >= 11 is 9.11. The molecular weight excluding hydrogens is 424 g/mol. The van der Waals surface area contributed by atoms with Crippen LogP contribution < -0.4 is 5.56 Å². The minimum Gasteiger partial charge on any atom is -0.293 e. The molecule has 0 amide bonds. The average Bonchev–Trinajstić information content (AvgIpc) is 3.26. The van der Waals surface area contributed by atoms with Crippen molar-refractivity contribution in [1.82, 2.24) is 14.8 Å². The Hall–Kier alpha value is -2.35. The van der Waals surface area contributed by atoms with Crippen molar-refractivity contribution < 1.29 is 0 Å². The predicted molar refractivity (Wildman–Crippen MR) is 124 cm³/mol. The Balaban J connectivity index is 1.51. The minimum atomic E-state index is -0.117. The van der Waals surface area contributed by atoms with Crippen LogP contribution in [0.3, 0.4) is 0 Å². The van der Waals surface area contributed by atoms with E-state index in [1.165, 1.54) is 16.0 Å². The Morgan fingerprint density at radius 1 is 1.24 bits per heavy atom. The number of benzene rings is 2. The second-order valence-corrected chi connectivity index (χ2v) is 9.10. The first-order chi connectivity index (χ1) is 14.0. The molecule has 0 saturated heterocycles. The summed E-state index contributed by atoms with van der Waals surface area (Å²) in [6, 6.07) is 15.6. The summed E-state index contributed by atoms with van der Waals surface area (Å²) in [6.45, 7) is 4.40. The smallest absolute Gasteiger partial charge is 0.282 e. The Morgan fingerprint density at radius 3 is 2.76 bits per heavy atom. The molecule has 0 aliphatic heterocycles. The van der Waals surface area contributed by atoms with Crippen LogP contribution in [0.15, 0.2) is 63.2 Å². The Labute approximate surface area is 181 Å². The third-order valence-electron chi connectivity index (χ3n) is 4.43. The Morgan fingerprint density at radius 2 is 2.00 bits per heavy atom. The maximum Gasteiger partial charge on any atom is 0.282 e. The van der Waals surface area contributed by atoms with Gasteiger partial charge < -0.3 is 0 Å². The topological polar surface area (TPSA) is 63.0 Å². The van der Waals surface area contributed by atoms with Gasteiger partial charge in [0.15, 0.2) is 0 Å². The number of para-hydroxylation sites is 1. The molecule has 5 nitrogen and oxygen atoms in total. The predicted octanol–water partition coefficient (Wildman–Crippen LogP) is 5.34. The van der Waals surface area contributed by atoms with E-state index in [-0.39, 0.29) is 5.56 Å². The number of nitrogens with one attached hydrogen (secondary N) is 1. The highest BCUT2D eigenvalue weighted by molar-refractivity contribution is 7.99. The molecule has 8 heteroatoms. The highest BCUT2D eigenvalue weighted by atomic mass is 35.5. The summed E-state index contributed by atoms with van der Waals surface area (Å²) < 4.78 is 2.56. The Bertz CT molecular complexity index is 1200. The van der Waals surface area contributed by atoms with Crippen LogP contribution in [-0.4, -0.2) is 32.8 Å². The fourth-order valence-electron chi connectivity index (χ4n) is 3.05. The highest BCUT2D eigenvalue weighted by Crippen LogP contribution is 2.24. The molecule has 0 saturated carbocycles. The molecule has 0 unspecified atom stereocenters. The summed E-state index contributed by atoms with van der Waals surface area (Å²) in [6.07, 6.45) is 0. The van der Waals surface area contributed by atoms with Gasteiger partial charge >= 0.3 is 0 Å². The molecule has 29 heavy (non-hydrogen) atoms. The van der Waals surface area contributed by atoms with Gasteiger partial charge in [0.2, 0.25) is 5.13 Å². The molecule has 2 aromatic carbocycles. The summed E-state index contributed by atoms with van der Waals surface area (Å²) in [4.78, 5) is 23.3. The van der Waals surface area contributed by atoms with Gasteiger partial charge in [0.05, 0.1) is 15.8 Å². The van der Waals surface area contributed by atoms with E-state index in [1.807, 2.05) is 62.4 Å². The zero-order valence-electron chi connectivity index (χ0n) is 16.0. The lowest BCUT2D eigenvalue weighted by Crippen LogP contribution is -2.19. The zero-order valence-corrected chi connectivity index (χ0v) is 18.4. The lowest BCUT2D eigenvalue weighted by molar-refractivity contribution is 0.829. The number of aliphatic imine (C=N–C) groups is 1. The summed E-state index contributed by atoms with van der Waals surface area (Å²) in [5.41, 5.74) is 2.91. The van der Waals surface area contributed by atoms with E-state index in [2.05, 4.69) is 15.1 Å². The van der Waals surface area contributed by atoms with E-state index in [0.29, 0.717) is 17.2 Å². The molecule has 0 radical (unpaired) electrons. The standard InChI is InChI=1S/C21H19ClN4OS2/c1-13(23-11-12-28-16-9-7-15(22)8-10-16)19-14(2)25-26(20(19)27)21-24-17-5-3-4-6-18(17)29-21/h3-10,25H,11-12H2,1-2H3. The van der Waals surface area contributed by atoms with Gasteiger partial charge in [-0.05, 0) is 50.2 Å². The number of hydrogen-bond acceptors (Lipinski definition) is 5. The lowest BCUT2D eigenvalue weighted by Gasteiger charge is -2.01. The van der Waals surface area contributed by atoms with E-state index in [4.69, 9.17) is 11.6 Å². The van der Waals surface area contributed by atoms with Crippen molar-refractivity contribution in [2.75, 3.05) is 12.3 Å². The number of nitrogens with zero attached hydrogens (tertiary/aromatic N) is 3. The van der Waals surface area contributed by atoms with Gasteiger partial charge in [-0.15, -0.1) is 11.8 Å². The van der Waals surface area contributed by atoms with E-state index >= 15 is 0 Å². The summed E-state index contributed by atoms with van der Waals surface area (Å²) in [5, 5.41) is 4.51. The van der Waals surface area contributed by atoms with Crippen LogP contribution >= 0.6 is 34.7 Å². The maximum absolute atomic E-state index is 13.0. The van der Waals surface area contributed by atoms with E-state index in [1.54, 1.807) is 11.8 Å². The van der Waals surface area contributed by atoms with Crippen LogP contribution in [0.25, 0.3) is 15.3 Å². The molecule has 1 N–H and O–H groups in total. The van der Waals surface area contributed by atoms with Gasteiger partial charge in [-0.1, -0.05) is 35.1 Å². The van der Waals surface area contributed by atoms with E-state index < -0.39 is 0 Å². The van der Waals surface area contributed by atoms with Gasteiger partial charge in [0, 0.05) is 33.6 Å². The second kappa shape index (κ2) is 8.57. The average molecular weight is 443 g/mol. The van der Waals surface area contributed by atoms with Gasteiger partial charge in [-0.3, -0.25) is 14.9 Å².